The number of aromatic amines is 1. The molecule has 31 heavy (non-hydrogen) atoms. The van der Waals surface area contributed by atoms with E-state index >= 15 is 0 Å². The topological polar surface area (TPSA) is 86.8 Å². The molecule has 1 aliphatic carbocycles. The van der Waals surface area contributed by atoms with Gasteiger partial charge in [-0.05, 0) is 57.6 Å². The SMILES string of the molecule is Cc1csc(Nc2cccc(C3CCCN3C(=O)c3n[nH]c4c3CCCCCC4)n2)n1. The lowest BCUT2D eigenvalue weighted by atomic mass is 9.96. The fourth-order valence-corrected chi connectivity index (χ4v) is 5.39. The minimum atomic E-state index is -0.0202. The number of rotatable bonds is 4. The van der Waals surface area contributed by atoms with Crippen molar-refractivity contribution in [2.24, 2.45) is 0 Å². The summed E-state index contributed by atoms with van der Waals surface area (Å²) < 4.78 is 0. The number of thiazole rings is 1. The Hall–Kier alpha value is -2.74. The van der Waals surface area contributed by atoms with Crippen LogP contribution in [0, 0.1) is 6.92 Å². The normalized spacial score (nSPS) is 19.0. The molecular formula is C23H28N6OS. The number of hydrogen-bond donors (Lipinski definition) is 2. The highest BCUT2D eigenvalue weighted by molar-refractivity contribution is 7.13. The Balaban J connectivity index is 1.38. The first kappa shape index (κ1) is 20.2. The van der Waals surface area contributed by atoms with Crippen molar-refractivity contribution in [1.29, 1.82) is 0 Å². The Bertz CT molecular complexity index is 1070. The van der Waals surface area contributed by atoms with E-state index in [1.54, 1.807) is 11.3 Å². The van der Waals surface area contributed by atoms with Crippen molar-refractivity contribution >= 4 is 28.2 Å². The van der Waals surface area contributed by atoms with Crippen LogP contribution in [0.5, 0.6) is 0 Å². The summed E-state index contributed by atoms with van der Waals surface area (Å²) >= 11 is 1.56. The van der Waals surface area contributed by atoms with E-state index in [1.165, 1.54) is 12.8 Å². The zero-order valence-electron chi connectivity index (χ0n) is 17.9. The number of amides is 1. The summed E-state index contributed by atoms with van der Waals surface area (Å²) in [7, 11) is 0. The van der Waals surface area contributed by atoms with Crippen LogP contribution in [0.15, 0.2) is 23.6 Å². The number of nitrogens with zero attached hydrogens (tertiary/aromatic N) is 4. The Morgan fingerprint density at radius 3 is 2.87 bits per heavy atom. The fourth-order valence-electron chi connectivity index (χ4n) is 4.69. The summed E-state index contributed by atoms with van der Waals surface area (Å²) in [4.78, 5) is 24.8. The number of likely N-dealkylation sites (tertiary alicyclic amines) is 1. The maximum atomic E-state index is 13.5. The van der Waals surface area contributed by atoms with Crippen LogP contribution in [0.25, 0.3) is 0 Å². The van der Waals surface area contributed by atoms with E-state index in [-0.39, 0.29) is 11.9 Å². The number of aryl methyl sites for hydroxylation is 2. The molecule has 0 radical (unpaired) electrons. The van der Waals surface area contributed by atoms with E-state index in [9.17, 15) is 4.79 Å². The molecule has 5 rings (SSSR count). The van der Waals surface area contributed by atoms with Crippen molar-refractivity contribution < 1.29 is 4.79 Å². The van der Waals surface area contributed by atoms with Gasteiger partial charge < -0.3 is 10.2 Å². The van der Waals surface area contributed by atoms with Gasteiger partial charge in [0.1, 0.15) is 5.82 Å². The first-order valence-corrected chi connectivity index (χ1v) is 12.1. The molecule has 2 N–H and O–H groups in total. The van der Waals surface area contributed by atoms with Crippen molar-refractivity contribution in [1.82, 2.24) is 25.1 Å². The highest BCUT2D eigenvalue weighted by Gasteiger charge is 2.34. The molecule has 3 aromatic heterocycles. The van der Waals surface area contributed by atoms with Crippen LogP contribution in [-0.2, 0) is 12.8 Å². The van der Waals surface area contributed by atoms with Crippen molar-refractivity contribution in [2.45, 2.75) is 64.3 Å². The zero-order chi connectivity index (χ0) is 21.2. The van der Waals surface area contributed by atoms with Gasteiger partial charge in [0.2, 0.25) is 0 Å². The average molecular weight is 437 g/mol. The number of carbonyl (C=O) groups is 1. The summed E-state index contributed by atoms with van der Waals surface area (Å²) in [5.74, 6) is 0.798. The number of anilines is 2. The van der Waals surface area contributed by atoms with Gasteiger partial charge in [0.05, 0.1) is 17.4 Å². The molecule has 1 unspecified atom stereocenters. The van der Waals surface area contributed by atoms with Gasteiger partial charge >= 0.3 is 0 Å². The molecule has 7 nitrogen and oxygen atoms in total. The first-order valence-electron chi connectivity index (χ1n) is 11.2. The van der Waals surface area contributed by atoms with Gasteiger partial charge in [0, 0.05) is 23.2 Å². The molecule has 0 saturated carbocycles. The fraction of sp³-hybridized carbons (Fsp3) is 0.478. The lowest BCUT2D eigenvalue weighted by Crippen LogP contribution is -2.32. The highest BCUT2D eigenvalue weighted by atomic mass is 32.1. The van der Waals surface area contributed by atoms with Gasteiger partial charge in [-0.3, -0.25) is 9.89 Å². The molecule has 2 aliphatic rings. The number of fused-ring (bicyclic) bond motifs is 1. The summed E-state index contributed by atoms with van der Waals surface area (Å²) in [6.07, 6.45) is 8.61. The molecule has 0 bridgehead atoms. The summed E-state index contributed by atoms with van der Waals surface area (Å²) in [6, 6.07) is 5.94. The van der Waals surface area contributed by atoms with Crippen LogP contribution in [0.4, 0.5) is 10.9 Å². The Kier molecular flexibility index (Phi) is 5.72. The Labute approximate surface area is 186 Å². The third kappa shape index (κ3) is 4.21. The van der Waals surface area contributed by atoms with Crippen LogP contribution in [-0.4, -0.2) is 37.5 Å². The van der Waals surface area contributed by atoms with Crippen LogP contribution in [0.3, 0.4) is 0 Å². The van der Waals surface area contributed by atoms with E-state index in [2.05, 4.69) is 20.5 Å². The van der Waals surface area contributed by atoms with E-state index in [1.807, 2.05) is 35.4 Å². The lowest BCUT2D eigenvalue weighted by Gasteiger charge is -2.24. The molecule has 3 aromatic rings. The molecule has 4 heterocycles. The number of H-pyrrole nitrogens is 1. The van der Waals surface area contributed by atoms with Gasteiger partial charge in [0.15, 0.2) is 10.8 Å². The standard InChI is InChI=1S/C23H28N6OS/c1-15-14-31-23(24-15)26-20-12-6-10-18(25-20)19-11-7-13-29(19)22(30)21-16-8-4-2-3-5-9-17(16)27-28-21/h6,10,12,14,19H,2-5,7-9,11,13H2,1H3,(H,27,28)(H,24,25,26). The molecule has 0 aromatic carbocycles. The second kappa shape index (κ2) is 8.78. The zero-order valence-corrected chi connectivity index (χ0v) is 18.7. The molecule has 8 heteroatoms. The third-order valence-corrected chi connectivity index (χ3v) is 7.11. The van der Waals surface area contributed by atoms with Crippen molar-refractivity contribution in [3.8, 4) is 0 Å². The number of pyridine rings is 1. The third-order valence-electron chi connectivity index (χ3n) is 6.24. The van der Waals surface area contributed by atoms with Crippen LogP contribution in [0.1, 0.15) is 77.7 Å². The highest BCUT2D eigenvalue weighted by Crippen LogP contribution is 2.34. The minimum absolute atomic E-state index is 0.0202. The quantitative estimate of drug-likeness (QED) is 0.604. The molecule has 0 spiro atoms. The summed E-state index contributed by atoms with van der Waals surface area (Å²) in [6.45, 7) is 2.72. The molecule has 1 amide bonds. The van der Waals surface area contributed by atoms with Crippen LogP contribution in [0.2, 0.25) is 0 Å². The van der Waals surface area contributed by atoms with E-state index in [4.69, 9.17) is 4.98 Å². The van der Waals surface area contributed by atoms with E-state index in [0.29, 0.717) is 5.69 Å². The van der Waals surface area contributed by atoms with E-state index in [0.717, 1.165) is 78.7 Å². The Morgan fingerprint density at radius 2 is 2.03 bits per heavy atom. The molecule has 1 fully saturated rings. The second-order valence-electron chi connectivity index (χ2n) is 8.47. The molecular weight excluding hydrogens is 408 g/mol. The van der Waals surface area contributed by atoms with E-state index < -0.39 is 0 Å². The molecule has 1 aliphatic heterocycles. The summed E-state index contributed by atoms with van der Waals surface area (Å²) in [5, 5.41) is 13.8. The monoisotopic (exact) mass is 436 g/mol. The maximum Gasteiger partial charge on any atom is 0.275 e. The summed E-state index contributed by atoms with van der Waals surface area (Å²) in [5.41, 5.74) is 4.82. The van der Waals surface area contributed by atoms with Crippen molar-refractivity contribution in [3.05, 3.63) is 51.9 Å². The van der Waals surface area contributed by atoms with Gasteiger partial charge in [-0.15, -0.1) is 11.3 Å². The molecule has 162 valence electrons. The molecule has 1 saturated heterocycles. The Morgan fingerprint density at radius 1 is 1.16 bits per heavy atom. The largest absolute Gasteiger partial charge is 0.329 e. The van der Waals surface area contributed by atoms with Crippen LogP contribution >= 0.6 is 11.3 Å². The maximum absolute atomic E-state index is 13.5. The molecule has 1 atom stereocenters. The lowest BCUT2D eigenvalue weighted by molar-refractivity contribution is 0.0725. The number of carbonyl (C=O) groups excluding carboxylic acids is 1. The van der Waals surface area contributed by atoms with Gasteiger partial charge in [-0.1, -0.05) is 18.9 Å². The van der Waals surface area contributed by atoms with Gasteiger partial charge in [-0.2, -0.15) is 5.10 Å². The predicted octanol–water partition coefficient (Wildman–Crippen LogP) is 4.95. The van der Waals surface area contributed by atoms with Crippen molar-refractivity contribution in [3.63, 3.8) is 0 Å². The minimum Gasteiger partial charge on any atom is -0.329 e. The van der Waals surface area contributed by atoms with Crippen LogP contribution < -0.4 is 5.32 Å². The predicted molar refractivity (Wildman–Crippen MR) is 122 cm³/mol. The first-order chi connectivity index (χ1) is 15.2. The smallest absolute Gasteiger partial charge is 0.275 e. The average Bonchev–Trinajstić information content (AvgIpc) is 3.48. The number of hydrogen-bond acceptors (Lipinski definition) is 6. The van der Waals surface area contributed by atoms with Crippen molar-refractivity contribution in [2.75, 3.05) is 11.9 Å². The number of nitrogens with one attached hydrogen (secondary N) is 2. The second-order valence-corrected chi connectivity index (χ2v) is 9.32. The van der Waals surface area contributed by atoms with Gasteiger partial charge in [-0.25, -0.2) is 9.97 Å². The number of aromatic nitrogens is 4. The van der Waals surface area contributed by atoms with Gasteiger partial charge in [0.25, 0.3) is 5.91 Å².